The molecule has 21 heavy (non-hydrogen) atoms. The van der Waals surface area contributed by atoms with Crippen molar-refractivity contribution in [2.24, 2.45) is 0 Å². The van der Waals surface area contributed by atoms with Crippen molar-refractivity contribution in [3.63, 3.8) is 0 Å². The van der Waals surface area contributed by atoms with Crippen LogP contribution in [0, 0.1) is 18.3 Å². The third-order valence-corrected chi connectivity index (χ3v) is 3.23. The third-order valence-electron chi connectivity index (χ3n) is 3.23. The number of nitriles is 1. The fourth-order valence-corrected chi connectivity index (χ4v) is 2.16. The highest BCUT2D eigenvalue weighted by molar-refractivity contribution is 6.01. The average molecular weight is 289 g/mol. The van der Waals surface area contributed by atoms with E-state index in [1.165, 1.54) is 11.0 Å². The van der Waals surface area contributed by atoms with Gasteiger partial charge in [-0.2, -0.15) is 5.26 Å². The topological polar surface area (TPSA) is 103 Å². The number of morpholine rings is 1. The van der Waals surface area contributed by atoms with E-state index in [9.17, 15) is 14.7 Å². The number of nitrogens with zero attached hydrogens (tertiary/aromatic N) is 2. The number of carbonyl (C=O) groups is 2. The Hall–Kier alpha value is -2.59. The number of amides is 2. The SMILES string of the molecule is Cc1cccc(NC(=O)N2CCOC(C#N)C2)c1C(=O)O. The minimum absolute atomic E-state index is 0.0657. The molecule has 1 atom stereocenters. The number of hydrogen-bond donors (Lipinski definition) is 2. The molecule has 1 aliphatic heterocycles. The summed E-state index contributed by atoms with van der Waals surface area (Å²) in [4.78, 5) is 24.9. The zero-order valence-electron chi connectivity index (χ0n) is 11.5. The lowest BCUT2D eigenvalue weighted by Crippen LogP contribution is -2.47. The Kier molecular flexibility index (Phi) is 4.40. The van der Waals surface area contributed by atoms with Crippen molar-refractivity contribution in [2.75, 3.05) is 25.0 Å². The van der Waals surface area contributed by atoms with Crippen molar-refractivity contribution in [1.29, 1.82) is 5.26 Å². The van der Waals surface area contributed by atoms with Crippen LogP contribution in [0.2, 0.25) is 0 Å². The lowest BCUT2D eigenvalue weighted by atomic mass is 10.1. The number of hydrogen-bond acceptors (Lipinski definition) is 4. The van der Waals surface area contributed by atoms with Gasteiger partial charge in [0.25, 0.3) is 0 Å². The van der Waals surface area contributed by atoms with Crippen LogP contribution < -0.4 is 5.32 Å². The summed E-state index contributed by atoms with van der Waals surface area (Å²) < 4.78 is 5.16. The summed E-state index contributed by atoms with van der Waals surface area (Å²) in [6, 6.07) is 6.39. The monoisotopic (exact) mass is 289 g/mol. The highest BCUT2D eigenvalue weighted by Crippen LogP contribution is 2.20. The van der Waals surface area contributed by atoms with E-state index in [1.807, 2.05) is 6.07 Å². The Morgan fingerprint density at radius 3 is 2.95 bits per heavy atom. The van der Waals surface area contributed by atoms with Gasteiger partial charge >= 0.3 is 12.0 Å². The Labute approximate surface area is 121 Å². The second-order valence-corrected chi connectivity index (χ2v) is 4.67. The van der Waals surface area contributed by atoms with E-state index < -0.39 is 18.1 Å². The molecule has 7 nitrogen and oxygen atoms in total. The smallest absolute Gasteiger partial charge is 0.338 e. The van der Waals surface area contributed by atoms with Crippen molar-refractivity contribution in [1.82, 2.24) is 4.90 Å². The second-order valence-electron chi connectivity index (χ2n) is 4.67. The summed E-state index contributed by atoms with van der Waals surface area (Å²) in [5.74, 6) is -1.10. The molecule has 1 aromatic carbocycles. The van der Waals surface area contributed by atoms with Crippen molar-refractivity contribution in [3.05, 3.63) is 29.3 Å². The standard InChI is InChI=1S/C14H15N3O4/c1-9-3-2-4-11(12(9)13(18)19)16-14(20)17-5-6-21-10(7-15)8-17/h2-4,10H,5-6,8H2,1H3,(H,16,20)(H,18,19). The number of carboxylic acid groups (broad SMARTS) is 1. The van der Waals surface area contributed by atoms with Gasteiger partial charge in [-0.05, 0) is 18.6 Å². The molecule has 0 bridgehead atoms. The van der Waals surface area contributed by atoms with Gasteiger partial charge in [0.05, 0.1) is 30.5 Å². The molecule has 0 saturated carbocycles. The number of anilines is 1. The number of urea groups is 1. The van der Waals surface area contributed by atoms with E-state index in [0.717, 1.165) is 0 Å². The molecule has 0 spiro atoms. The largest absolute Gasteiger partial charge is 0.478 e. The van der Waals surface area contributed by atoms with Crippen LogP contribution in [0.25, 0.3) is 0 Å². The van der Waals surface area contributed by atoms with Gasteiger partial charge in [-0.1, -0.05) is 12.1 Å². The van der Waals surface area contributed by atoms with Gasteiger partial charge in [0.1, 0.15) is 0 Å². The van der Waals surface area contributed by atoms with E-state index in [-0.39, 0.29) is 24.4 Å². The van der Waals surface area contributed by atoms with Crippen LogP contribution in [0.4, 0.5) is 10.5 Å². The Morgan fingerprint density at radius 2 is 2.29 bits per heavy atom. The summed E-state index contributed by atoms with van der Waals surface area (Å²) in [6.45, 7) is 2.47. The number of aryl methyl sites for hydroxylation is 1. The molecule has 1 aromatic rings. The van der Waals surface area contributed by atoms with Crippen molar-refractivity contribution >= 4 is 17.7 Å². The molecular formula is C14H15N3O4. The maximum absolute atomic E-state index is 12.2. The first-order valence-electron chi connectivity index (χ1n) is 6.43. The average Bonchev–Trinajstić information content (AvgIpc) is 2.47. The van der Waals surface area contributed by atoms with Gasteiger partial charge in [0.2, 0.25) is 0 Å². The second kappa shape index (κ2) is 6.24. The molecule has 0 aromatic heterocycles. The van der Waals surface area contributed by atoms with Crippen molar-refractivity contribution < 1.29 is 19.4 Å². The first kappa shape index (κ1) is 14.8. The molecule has 1 unspecified atom stereocenters. The number of nitrogens with one attached hydrogen (secondary N) is 1. The first-order chi connectivity index (χ1) is 10.0. The van der Waals surface area contributed by atoms with Gasteiger partial charge in [-0.3, -0.25) is 0 Å². The molecule has 7 heteroatoms. The van der Waals surface area contributed by atoms with E-state index in [4.69, 9.17) is 10.00 Å². The summed E-state index contributed by atoms with van der Waals surface area (Å²) >= 11 is 0. The predicted molar refractivity (Wildman–Crippen MR) is 74.1 cm³/mol. The number of benzene rings is 1. The van der Waals surface area contributed by atoms with E-state index in [1.54, 1.807) is 19.1 Å². The van der Waals surface area contributed by atoms with E-state index in [2.05, 4.69) is 5.32 Å². The molecule has 2 N–H and O–H groups in total. The first-order valence-corrected chi connectivity index (χ1v) is 6.43. The summed E-state index contributed by atoms with van der Waals surface area (Å²) in [7, 11) is 0. The van der Waals surface area contributed by atoms with Crippen LogP contribution in [0.3, 0.4) is 0 Å². The van der Waals surface area contributed by atoms with Crippen LogP contribution in [0.5, 0.6) is 0 Å². The minimum atomic E-state index is -1.10. The zero-order valence-corrected chi connectivity index (χ0v) is 11.5. The molecule has 2 amide bonds. The molecule has 110 valence electrons. The summed E-state index contributed by atoms with van der Waals surface area (Å²) in [5.41, 5.74) is 0.876. The van der Waals surface area contributed by atoms with Crippen LogP contribution in [0.15, 0.2) is 18.2 Å². The molecule has 0 radical (unpaired) electrons. The maximum Gasteiger partial charge on any atom is 0.338 e. The molecule has 2 rings (SSSR count). The van der Waals surface area contributed by atoms with Gasteiger partial charge < -0.3 is 20.1 Å². The van der Waals surface area contributed by atoms with Gasteiger partial charge in [0, 0.05) is 6.54 Å². The fraction of sp³-hybridized carbons (Fsp3) is 0.357. The van der Waals surface area contributed by atoms with Crippen LogP contribution in [-0.2, 0) is 4.74 Å². The van der Waals surface area contributed by atoms with Crippen molar-refractivity contribution in [2.45, 2.75) is 13.0 Å². The number of rotatable bonds is 2. The summed E-state index contributed by atoms with van der Waals surface area (Å²) in [5, 5.41) is 20.6. The minimum Gasteiger partial charge on any atom is -0.478 e. The lowest BCUT2D eigenvalue weighted by molar-refractivity contribution is 0.0181. The Bertz CT molecular complexity index is 609. The van der Waals surface area contributed by atoms with E-state index >= 15 is 0 Å². The molecule has 1 fully saturated rings. The quantitative estimate of drug-likeness (QED) is 0.857. The van der Waals surface area contributed by atoms with Gasteiger partial charge in [-0.25, -0.2) is 9.59 Å². The predicted octanol–water partition coefficient (Wildman–Crippen LogP) is 1.45. The third kappa shape index (κ3) is 3.30. The summed E-state index contributed by atoms with van der Waals surface area (Å²) in [6.07, 6.45) is -0.652. The Balaban J connectivity index is 2.15. The van der Waals surface area contributed by atoms with Crippen molar-refractivity contribution in [3.8, 4) is 6.07 Å². The van der Waals surface area contributed by atoms with Gasteiger partial charge in [-0.15, -0.1) is 0 Å². The van der Waals surface area contributed by atoms with E-state index in [0.29, 0.717) is 12.1 Å². The molecular weight excluding hydrogens is 274 g/mol. The van der Waals surface area contributed by atoms with Gasteiger partial charge in [0.15, 0.2) is 6.10 Å². The van der Waals surface area contributed by atoms with Crippen LogP contribution in [0.1, 0.15) is 15.9 Å². The molecule has 1 aliphatic rings. The Morgan fingerprint density at radius 1 is 1.52 bits per heavy atom. The van der Waals surface area contributed by atoms with Crippen LogP contribution >= 0.6 is 0 Å². The number of carboxylic acids is 1. The normalized spacial score (nSPS) is 17.9. The molecule has 0 aliphatic carbocycles. The van der Waals surface area contributed by atoms with Crippen LogP contribution in [-0.4, -0.2) is 47.8 Å². The highest BCUT2D eigenvalue weighted by Gasteiger charge is 2.25. The molecule has 1 heterocycles. The number of carbonyl (C=O) groups excluding carboxylic acids is 1. The fourth-order valence-electron chi connectivity index (χ4n) is 2.16. The maximum atomic E-state index is 12.2. The zero-order chi connectivity index (χ0) is 15.4. The molecule has 1 saturated heterocycles. The highest BCUT2D eigenvalue weighted by atomic mass is 16.5. The lowest BCUT2D eigenvalue weighted by Gasteiger charge is -2.30. The number of ether oxygens (including phenoxy) is 1. The number of aromatic carboxylic acids is 1.